The molecule has 0 radical (unpaired) electrons. The van der Waals surface area contributed by atoms with Crippen molar-refractivity contribution in [1.82, 2.24) is 0 Å². The van der Waals surface area contributed by atoms with Gasteiger partial charge < -0.3 is 14.6 Å². The van der Waals surface area contributed by atoms with Crippen molar-refractivity contribution in [3.63, 3.8) is 0 Å². The normalized spacial score (nSPS) is 11.9. The lowest BCUT2D eigenvalue weighted by atomic mass is 10.1. The first-order chi connectivity index (χ1) is 11.7. The van der Waals surface area contributed by atoms with Gasteiger partial charge in [0.05, 0.1) is 5.56 Å². The lowest BCUT2D eigenvalue weighted by Gasteiger charge is -2.13. The molecule has 1 atom stereocenters. The molecule has 0 saturated carbocycles. The summed E-state index contributed by atoms with van der Waals surface area (Å²) in [7, 11) is 0. The van der Waals surface area contributed by atoms with E-state index in [1.807, 2.05) is 48.5 Å². The molecular weight excluding hydrogens is 304 g/mol. The minimum Gasteiger partial charge on any atom is -0.491 e. The number of hydrogen-bond donors (Lipinski definition) is 1. The number of carbonyl (C=O) groups is 1. The summed E-state index contributed by atoms with van der Waals surface area (Å²) >= 11 is 0. The van der Waals surface area contributed by atoms with E-state index in [1.165, 1.54) is 0 Å². The SMILES string of the molecule is O=C(OCC(O)COc1ccccc1)c1ccc2ccccc2c1. The Bertz CT molecular complexity index is 814. The van der Waals surface area contributed by atoms with Crippen LogP contribution in [-0.4, -0.2) is 30.4 Å². The molecule has 4 nitrogen and oxygen atoms in total. The van der Waals surface area contributed by atoms with E-state index in [-0.39, 0.29) is 13.2 Å². The Hall–Kier alpha value is -2.85. The van der Waals surface area contributed by atoms with Gasteiger partial charge in [-0.3, -0.25) is 0 Å². The third-order valence-corrected chi connectivity index (χ3v) is 3.58. The monoisotopic (exact) mass is 322 g/mol. The summed E-state index contributed by atoms with van der Waals surface area (Å²) in [6.07, 6.45) is -0.880. The van der Waals surface area contributed by atoms with E-state index in [2.05, 4.69) is 0 Å². The van der Waals surface area contributed by atoms with Gasteiger partial charge in [-0.05, 0) is 35.0 Å². The zero-order valence-electron chi connectivity index (χ0n) is 13.1. The summed E-state index contributed by atoms with van der Waals surface area (Å²) in [6, 6.07) is 22.3. The van der Waals surface area contributed by atoms with Crippen LogP contribution in [0.15, 0.2) is 72.8 Å². The standard InChI is InChI=1S/C20H18O4/c21-18(13-23-19-8-2-1-3-9-19)14-24-20(22)17-11-10-15-6-4-5-7-16(15)12-17/h1-12,18,21H,13-14H2. The first-order valence-electron chi connectivity index (χ1n) is 7.74. The molecule has 0 fully saturated rings. The highest BCUT2D eigenvalue weighted by atomic mass is 16.5. The molecule has 0 heterocycles. The number of para-hydroxylation sites is 1. The molecule has 122 valence electrons. The van der Waals surface area contributed by atoms with Crippen molar-refractivity contribution in [2.24, 2.45) is 0 Å². The molecule has 0 saturated heterocycles. The maximum absolute atomic E-state index is 12.1. The summed E-state index contributed by atoms with van der Waals surface area (Å²) in [5.74, 6) is 0.205. The Kier molecular flexibility index (Phi) is 5.08. The van der Waals surface area contributed by atoms with Crippen LogP contribution < -0.4 is 4.74 Å². The number of ether oxygens (including phenoxy) is 2. The van der Waals surface area contributed by atoms with Gasteiger partial charge >= 0.3 is 5.97 Å². The number of hydrogen-bond acceptors (Lipinski definition) is 4. The first-order valence-corrected chi connectivity index (χ1v) is 7.74. The molecule has 24 heavy (non-hydrogen) atoms. The van der Waals surface area contributed by atoms with Crippen molar-refractivity contribution in [2.45, 2.75) is 6.10 Å². The van der Waals surface area contributed by atoms with E-state index in [1.54, 1.807) is 24.3 Å². The highest BCUT2D eigenvalue weighted by molar-refractivity contribution is 5.95. The molecule has 0 spiro atoms. The molecule has 3 rings (SSSR count). The molecular formula is C20H18O4. The van der Waals surface area contributed by atoms with Crippen molar-refractivity contribution in [3.8, 4) is 5.75 Å². The fraction of sp³-hybridized carbons (Fsp3) is 0.150. The van der Waals surface area contributed by atoms with Crippen molar-refractivity contribution >= 4 is 16.7 Å². The number of esters is 1. The van der Waals surface area contributed by atoms with E-state index in [0.29, 0.717) is 11.3 Å². The van der Waals surface area contributed by atoms with Crippen molar-refractivity contribution < 1.29 is 19.4 Å². The molecule has 3 aromatic carbocycles. The number of rotatable bonds is 6. The Balaban J connectivity index is 1.52. The third-order valence-electron chi connectivity index (χ3n) is 3.58. The molecule has 0 aliphatic rings. The van der Waals surface area contributed by atoms with E-state index in [9.17, 15) is 9.90 Å². The fourth-order valence-electron chi connectivity index (χ4n) is 2.33. The summed E-state index contributed by atoms with van der Waals surface area (Å²) in [5.41, 5.74) is 0.463. The minimum atomic E-state index is -0.880. The molecule has 0 amide bonds. The second kappa shape index (κ2) is 7.62. The number of aliphatic hydroxyl groups is 1. The van der Waals surface area contributed by atoms with Gasteiger partial charge in [0, 0.05) is 0 Å². The quantitative estimate of drug-likeness (QED) is 0.706. The maximum Gasteiger partial charge on any atom is 0.338 e. The molecule has 0 aromatic heterocycles. The largest absolute Gasteiger partial charge is 0.491 e. The van der Waals surface area contributed by atoms with E-state index >= 15 is 0 Å². The minimum absolute atomic E-state index is 0.0645. The average molecular weight is 322 g/mol. The van der Waals surface area contributed by atoms with Gasteiger partial charge in [0.1, 0.15) is 25.1 Å². The van der Waals surface area contributed by atoms with Crippen molar-refractivity contribution in [2.75, 3.05) is 13.2 Å². The van der Waals surface area contributed by atoms with E-state index < -0.39 is 12.1 Å². The Labute approximate surface area is 140 Å². The molecule has 0 bridgehead atoms. The highest BCUT2D eigenvalue weighted by Crippen LogP contribution is 2.16. The van der Waals surface area contributed by atoms with Gasteiger partial charge in [0.2, 0.25) is 0 Å². The third kappa shape index (κ3) is 4.12. The van der Waals surface area contributed by atoms with Crippen LogP contribution in [0.25, 0.3) is 10.8 Å². The summed E-state index contributed by atoms with van der Waals surface area (Å²) < 4.78 is 10.6. The second-order valence-electron chi connectivity index (χ2n) is 5.44. The zero-order valence-corrected chi connectivity index (χ0v) is 13.1. The summed E-state index contributed by atoms with van der Waals surface area (Å²) in [6.45, 7) is -0.0481. The Morgan fingerprint density at radius 2 is 1.58 bits per heavy atom. The topological polar surface area (TPSA) is 55.8 Å². The van der Waals surface area contributed by atoms with Crippen LogP contribution in [-0.2, 0) is 4.74 Å². The summed E-state index contributed by atoms with van der Waals surface area (Å²) in [5, 5.41) is 11.9. The van der Waals surface area contributed by atoms with Gasteiger partial charge in [0.25, 0.3) is 0 Å². The fourth-order valence-corrected chi connectivity index (χ4v) is 2.33. The van der Waals surface area contributed by atoms with Crippen LogP contribution in [0, 0.1) is 0 Å². The Morgan fingerprint density at radius 1 is 0.875 bits per heavy atom. The zero-order chi connectivity index (χ0) is 16.8. The predicted molar refractivity (Wildman–Crippen MR) is 92.2 cm³/mol. The number of carbonyl (C=O) groups excluding carboxylic acids is 1. The van der Waals surface area contributed by atoms with Gasteiger partial charge in [-0.1, -0.05) is 48.5 Å². The van der Waals surface area contributed by atoms with Crippen LogP contribution in [0.3, 0.4) is 0 Å². The molecule has 1 unspecified atom stereocenters. The molecule has 4 heteroatoms. The lowest BCUT2D eigenvalue weighted by molar-refractivity contribution is 0.0130. The second-order valence-corrected chi connectivity index (χ2v) is 5.44. The smallest absolute Gasteiger partial charge is 0.338 e. The van der Waals surface area contributed by atoms with Crippen molar-refractivity contribution in [3.05, 3.63) is 78.4 Å². The molecule has 1 N–H and O–H groups in total. The molecule has 0 aliphatic carbocycles. The number of aliphatic hydroxyl groups excluding tert-OH is 1. The Morgan fingerprint density at radius 3 is 2.38 bits per heavy atom. The lowest BCUT2D eigenvalue weighted by Crippen LogP contribution is -2.25. The maximum atomic E-state index is 12.1. The van der Waals surface area contributed by atoms with E-state index in [4.69, 9.17) is 9.47 Å². The predicted octanol–water partition coefficient (Wildman–Crippen LogP) is 3.44. The van der Waals surface area contributed by atoms with Crippen LogP contribution in [0.5, 0.6) is 5.75 Å². The van der Waals surface area contributed by atoms with Crippen LogP contribution in [0.4, 0.5) is 0 Å². The van der Waals surface area contributed by atoms with Gasteiger partial charge in [-0.25, -0.2) is 4.79 Å². The van der Waals surface area contributed by atoms with Crippen LogP contribution in [0.1, 0.15) is 10.4 Å². The van der Waals surface area contributed by atoms with E-state index in [0.717, 1.165) is 10.8 Å². The van der Waals surface area contributed by atoms with Gasteiger partial charge in [-0.15, -0.1) is 0 Å². The highest BCUT2D eigenvalue weighted by Gasteiger charge is 2.12. The molecule has 3 aromatic rings. The van der Waals surface area contributed by atoms with Crippen LogP contribution in [0.2, 0.25) is 0 Å². The van der Waals surface area contributed by atoms with Crippen LogP contribution >= 0.6 is 0 Å². The molecule has 0 aliphatic heterocycles. The first kappa shape index (κ1) is 16.0. The van der Waals surface area contributed by atoms with Gasteiger partial charge in [-0.2, -0.15) is 0 Å². The average Bonchev–Trinajstić information content (AvgIpc) is 2.65. The van der Waals surface area contributed by atoms with Crippen molar-refractivity contribution in [1.29, 1.82) is 0 Å². The summed E-state index contributed by atoms with van der Waals surface area (Å²) in [4.78, 5) is 12.1. The number of benzene rings is 3. The number of fused-ring (bicyclic) bond motifs is 1. The van der Waals surface area contributed by atoms with Gasteiger partial charge in [0.15, 0.2) is 0 Å².